The summed E-state index contributed by atoms with van der Waals surface area (Å²) in [5, 5.41) is 20.1. The lowest BCUT2D eigenvalue weighted by Crippen LogP contribution is -2.41. The van der Waals surface area contributed by atoms with Crippen molar-refractivity contribution in [2.45, 2.75) is 12.5 Å². The van der Waals surface area contributed by atoms with Crippen LogP contribution in [0.2, 0.25) is 0 Å². The van der Waals surface area contributed by atoms with Crippen LogP contribution in [0.5, 0.6) is 0 Å². The number of nitrogens with zero attached hydrogens (tertiary/aromatic N) is 3. The van der Waals surface area contributed by atoms with Crippen LogP contribution in [0.4, 0.5) is 10.5 Å². The first kappa shape index (κ1) is 18.2. The Morgan fingerprint density at radius 2 is 1.84 bits per heavy atom. The Labute approximate surface area is 145 Å². The molecule has 0 saturated heterocycles. The molecule has 0 aliphatic carbocycles. The van der Waals surface area contributed by atoms with Gasteiger partial charge in [-0.3, -0.25) is 9.80 Å². The third kappa shape index (κ3) is 4.69. The summed E-state index contributed by atoms with van der Waals surface area (Å²) >= 11 is 0. The van der Waals surface area contributed by atoms with Gasteiger partial charge in [0.05, 0.1) is 5.69 Å². The van der Waals surface area contributed by atoms with Gasteiger partial charge in [-0.25, -0.2) is 9.59 Å². The Morgan fingerprint density at radius 1 is 1.20 bits per heavy atom. The molecule has 0 saturated carbocycles. The van der Waals surface area contributed by atoms with Crippen molar-refractivity contribution in [3.63, 3.8) is 0 Å². The molecule has 3 amide bonds. The summed E-state index contributed by atoms with van der Waals surface area (Å²) in [5.41, 5.74) is 0.756. The number of carbonyl (C=O) groups excluding carboxylic acids is 2. The molecule has 1 heterocycles. The van der Waals surface area contributed by atoms with Gasteiger partial charge in [0.25, 0.3) is 5.91 Å². The number of hydrogen-bond acceptors (Lipinski definition) is 5. The molecule has 9 heteroatoms. The number of hydrogen-bond donors (Lipinski definition) is 3. The zero-order chi connectivity index (χ0) is 18.4. The van der Waals surface area contributed by atoms with Gasteiger partial charge in [0.1, 0.15) is 5.71 Å². The molecule has 2 rings (SSSR count). The maximum absolute atomic E-state index is 12.2. The number of carboxylic acid groups (broad SMARTS) is 1. The van der Waals surface area contributed by atoms with E-state index in [-0.39, 0.29) is 31.3 Å². The number of amides is 3. The van der Waals surface area contributed by atoms with E-state index in [1.165, 1.54) is 9.91 Å². The average Bonchev–Trinajstić information content (AvgIpc) is 3.04. The molecular formula is C16H21N5O4. The van der Waals surface area contributed by atoms with Crippen LogP contribution in [0.1, 0.15) is 6.42 Å². The standard InChI is InChI=1S/C16H21N5O4/c1-20(2)16(25)18-9-8-17-14(22)12-10-13(15(23)24)21(19-12)11-6-4-3-5-7-11/h3-7,13H,8-10H2,1-2H3,(H,17,22)(H,18,25)(H,23,24). The number of anilines is 1. The van der Waals surface area contributed by atoms with E-state index in [1.54, 1.807) is 38.4 Å². The lowest BCUT2D eigenvalue weighted by atomic mass is 10.1. The minimum absolute atomic E-state index is 0.0140. The van der Waals surface area contributed by atoms with Gasteiger partial charge in [0.2, 0.25) is 0 Å². The van der Waals surface area contributed by atoms with Gasteiger partial charge in [-0.1, -0.05) is 18.2 Å². The van der Waals surface area contributed by atoms with Gasteiger partial charge in [-0.2, -0.15) is 5.10 Å². The number of nitrogens with one attached hydrogen (secondary N) is 2. The highest BCUT2D eigenvalue weighted by molar-refractivity contribution is 6.40. The van der Waals surface area contributed by atoms with Gasteiger partial charge < -0.3 is 20.6 Å². The zero-order valence-electron chi connectivity index (χ0n) is 14.1. The summed E-state index contributed by atoms with van der Waals surface area (Å²) in [6.07, 6.45) is 0.0140. The van der Waals surface area contributed by atoms with Crippen LogP contribution in [0, 0.1) is 0 Å². The number of carbonyl (C=O) groups is 3. The largest absolute Gasteiger partial charge is 0.480 e. The number of rotatable bonds is 6. The number of benzene rings is 1. The third-order valence-corrected chi connectivity index (χ3v) is 3.57. The highest BCUT2D eigenvalue weighted by atomic mass is 16.4. The van der Waals surface area contributed by atoms with Crippen molar-refractivity contribution < 1.29 is 19.5 Å². The van der Waals surface area contributed by atoms with Crippen LogP contribution in [0.25, 0.3) is 0 Å². The van der Waals surface area contributed by atoms with E-state index in [9.17, 15) is 19.5 Å². The molecular weight excluding hydrogens is 326 g/mol. The van der Waals surface area contributed by atoms with Gasteiger partial charge in [-0.15, -0.1) is 0 Å². The molecule has 25 heavy (non-hydrogen) atoms. The molecule has 0 radical (unpaired) electrons. The van der Waals surface area contributed by atoms with E-state index in [0.717, 1.165) is 0 Å². The van der Waals surface area contributed by atoms with E-state index >= 15 is 0 Å². The predicted octanol–water partition coefficient (Wildman–Crippen LogP) is 0.0933. The summed E-state index contributed by atoms with van der Waals surface area (Å²) < 4.78 is 0. The van der Waals surface area contributed by atoms with Crippen molar-refractivity contribution in [1.82, 2.24) is 15.5 Å². The smallest absolute Gasteiger partial charge is 0.328 e. The fraction of sp³-hybridized carbons (Fsp3) is 0.375. The van der Waals surface area contributed by atoms with Gasteiger partial charge in [-0.05, 0) is 12.1 Å². The Kier molecular flexibility index (Phi) is 5.93. The van der Waals surface area contributed by atoms with E-state index in [2.05, 4.69) is 15.7 Å². The molecule has 1 aromatic rings. The van der Waals surface area contributed by atoms with Crippen LogP contribution < -0.4 is 15.6 Å². The van der Waals surface area contributed by atoms with E-state index in [1.807, 2.05) is 6.07 Å². The molecule has 0 aromatic heterocycles. The van der Waals surface area contributed by atoms with Gasteiger partial charge in [0.15, 0.2) is 6.04 Å². The molecule has 1 aliphatic rings. The van der Waals surface area contributed by atoms with Crippen LogP contribution in [-0.2, 0) is 9.59 Å². The first-order valence-corrected chi connectivity index (χ1v) is 7.78. The SMILES string of the molecule is CN(C)C(=O)NCCNC(=O)C1=NN(c2ccccc2)C(C(=O)O)C1. The number of para-hydroxylation sites is 1. The van der Waals surface area contributed by atoms with Gasteiger partial charge >= 0.3 is 12.0 Å². The maximum atomic E-state index is 12.2. The van der Waals surface area contributed by atoms with Crippen molar-refractivity contribution in [3.8, 4) is 0 Å². The molecule has 3 N–H and O–H groups in total. The number of urea groups is 1. The molecule has 1 atom stereocenters. The molecule has 1 aliphatic heterocycles. The summed E-state index contributed by atoms with van der Waals surface area (Å²) in [5.74, 6) is -1.49. The Morgan fingerprint density at radius 3 is 2.44 bits per heavy atom. The van der Waals surface area contributed by atoms with E-state index in [4.69, 9.17) is 0 Å². The first-order valence-electron chi connectivity index (χ1n) is 7.78. The highest BCUT2D eigenvalue weighted by Gasteiger charge is 2.35. The lowest BCUT2D eigenvalue weighted by Gasteiger charge is -2.19. The molecule has 0 spiro atoms. The number of aliphatic carboxylic acids is 1. The fourth-order valence-corrected chi connectivity index (χ4v) is 2.26. The Bertz CT molecular complexity index is 674. The van der Waals surface area contributed by atoms with Crippen molar-refractivity contribution in [1.29, 1.82) is 0 Å². The lowest BCUT2D eigenvalue weighted by molar-refractivity contribution is -0.138. The van der Waals surface area contributed by atoms with Crippen molar-refractivity contribution in [3.05, 3.63) is 30.3 Å². The topological polar surface area (TPSA) is 114 Å². The van der Waals surface area contributed by atoms with E-state index < -0.39 is 17.9 Å². The monoisotopic (exact) mass is 347 g/mol. The number of carboxylic acids is 1. The predicted molar refractivity (Wildman–Crippen MR) is 92.5 cm³/mol. The summed E-state index contributed by atoms with van der Waals surface area (Å²) in [7, 11) is 3.23. The van der Waals surface area contributed by atoms with Crippen LogP contribution >= 0.6 is 0 Å². The average molecular weight is 347 g/mol. The molecule has 1 unspecified atom stereocenters. The van der Waals surface area contributed by atoms with Crippen LogP contribution in [0.3, 0.4) is 0 Å². The Hall–Kier alpha value is -3.10. The fourth-order valence-electron chi connectivity index (χ4n) is 2.26. The highest BCUT2D eigenvalue weighted by Crippen LogP contribution is 2.24. The Balaban J connectivity index is 1.95. The summed E-state index contributed by atoms with van der Waals surface area (Å²) in [4.78, 5) is 36.4. The maximum Gasteiger partial charge on any atom is 0.328 e. The summed E-state index contributed by atoms with van der Waals surface area (Å²) in [6.45, 7) is 0.487. The zero-order valence-corrected chi connectivity index (χ0v) is 14.1. The molecule has 1 aromatic carbocycles. The second kappa shape index (κ2) is 8.13. The molecule has 9 nitrogen and oxygen atoms in total. The molecule has 0 bridgehead atoms. The van der Waals surface area contributed by atoms with Crippen molar-refractivity contribution in [2.75, 3.05) is 32.2 Å². The quantitative estimate of drug-likeness (QED) is 0.631. The second-order valence-electron chi connectivity index (χ2n) is 5.67. The van der Waals surface area contributed by atoms with Crippen LogP contribution in [-0.4, -0.2) is 66.9 Å². The molecule has 0 fully saturated rings. The van der Waals surface area contributed by atoms with Crippen molar-refractivity contribution >= 4 is 29.3 Å². The van der Waals surface area contributed by atoms with Crippen molar-refractivity contribution in [2.24, 2.45) is 5.10 Å². The van der Waals surface area contributed by atoms with Gasteiger partial charge in [0, 0.05) is 33.6 Å². The first-order chi connectivity index (χ1) is 11.9. The summed E-state index contributed by atoms with van der Waals surface area (Å²) in [6, 6.07) is 7.65. The minimum Gasteiger partial charge on any atom is -0.480 e. The number of hydrazone groups is 1. The minimum atomic E-state index is -1.05. The normalized spacial score (nSPS) is 16.2. The molecule has 134 valence electrons. The van der Waals surface area contributed by atoms with E-state index in [0.29, 0.717) is 5.69 Å². The third-order valence-electron chi connectivity index (χ3n) is 3.57. The second-order valence-corrected chi connectivity index (χ2v) is 5.67. The van der Waals surface area contributed by atoms with Crippen LogP contribution in [0.15, 0.2) is 35.4 Å².